The van der Waals surface area contributed by atoms with Crippen LogP contribution in [0.5, 0.6) is 0 Å². The molecule has 0 fully saturated rings. The zero-order chi connectivity index (χ0) is 20.9. The molecule has 0 unspecified atom stereocenters. The van der Waals surface area contributed by atoms with Gasteiger partial charge < -0.3 is 10.1 Å². The van der Waals surface area contributed by atoms with Crippen molar-refractivity contribution in [3.05, 3.63) is 58.1 Å². The zero-order valence-corrected chi connectivity index (χ0v) is 17.4. The maximum absolute atomic E-state index is 12.5. The van der Waals surface area contributed by atoms with Crippen molar-refractivity contribution in [3.63, 3.8) is 0 Å². The summed E-state index contributed by atoms with van der Waals surface area (Å²) in [6, 6.07) is 10.7. The molecule has 0 saturated heterocycles. The molecule has 28 heavy (non-hydrogen) atoms. The summed E-state index contributed by atoms with van der Waals surface area (Å²) in [5.41, 5.74) is 0.437. The lowest BCUT2D eigenvalue weighted by atomic mass is 10.2. The quantitative estimate of drug-likeness (QED) is 0.658. The van der Waals surface area contributed by atoms with Gasteiger partial charge in [0.15, 0.2) is 0 Å². The number of esters is 1. The fourth-order valence-electron chi connectivity index (χ4n) is 2.37. The Hall–Kier alpha value is -2.29. The van der Waals surface area contributed by atoms with Gasteiger partial charge >= 0.3 is 5.97 Å². The molecule has 0 radical (unpaired) electrons. The highest BCUT2D eigenvalue weighted by Gasteiger charge is 2.24. The lowest BCUT2D eigenvalue weighted by Gasteiger charge is -2.23. The molecule has 10 heteroatoms. The Morgan fingerprint density at radius 2 is 1.79 bits per heavy atom. The van der Waals surface area contributed by atoms with Gasteiger partial charge in [-0.25, -0.2) is 13.2 Å². The standard InChI is InChI=1S/C18H18Cl2N2O5S/c1-3-27-18(24)12-7-4-5-9-14(12)21-16(23)11-22(28(2,25)26)15-10-6-8-13(19)17(15)20/h4-10H,3,11H2,1-2H3,(H,21,23). The maximum atomic E-state index is 12.5. The van der Waals surface area contributed by atoms with E-state index in [9.17, 15) is 18.0 Å². The monoisotopic (exact) mass is 444 g/mol. The molecule has 0 spiro atoms. The highest BCUT2D eigenvalue weighted by atomic mass is 35.5. The fourth-order valence-corrected chi connectivity index (χ4v) is 3.67. The molecule has 0 bridgehead atoms. The number of carbonyl (C=O) groups excluding carboxylic acids is 2. The Balaban J connectivity index is 2.30. The van der Waals surface area contributed by atoms with Crippen LogP contribution in [0.25, 0.3) is 0 Å². The van der Waals surface area contributed by atoms with Crippen molar-refractivity contribution in [3.8, 4) is 0 Å². The van der Waals surface area contributed by atoms with Gasteiger partial charge in [0.1, 0.15) is 6.54 Å². The summed E-state index contributed by atoms with van der Waals surface area (Å²) in [6.45, 7) is 1.28. The molecule has 0 aliphatic heterocycles. The second kappa shape index (κ2) is 9.27. The van der Waals surface area contributed by atoms with E-state index in [2.05, 4.69) is 5.32 Å². The molecule has 1 amide bonds. The van der Waals surface area contributed by atoms with Crippen LogP contribution in [0.3, 0.4) is 0 Å². The molecule has 2 rings (SSSR count). The van der Waals surface area contributed by atoms with Gasteiger partial charge in [0, 0.05) is 0 Å². The number of amides is 1. The molecular formula is C18H18Cl2N2O5S. The topological polar surface area (TPSA) is 92.8 Å². The molecule has 150 valence electrons. The molecule has 1 N–H and O–H groups in total. The van der Waals surface area contributed by atoms with Gasteiger partial charge in [-0.2, -0.15) is 0 Å². The summed E-state index contributed by atoms with van der Waals surface area (Å²) in [7, 11) is -3.84. The Bertz CT molecular complexity index is 995. The molecule has 0 heterocycles. The summed E-state index contributed by atoms with van der Waals surface area (Å²) < 4.78 is 30.2. The summed E-state index contributed by atoms with van der Waals surface area (Å²) in [5.74, 6) is -1.27. The maximum Gasteiger partial charge on any atom is 0.340 e. The van der Waals surface area contributed by atoms with E-state index in [0.717, 1.165) is 10.6 Å². The number of anilines is 2. The van der Waals surface area contributed by atoms with Crippen LogP contribution >= 0.6 is 23.2 Å². The van der Waals surface area contributed by atoms with Crippen molar-refractivity contribution >= 4 is 56.5 Å². The number of nitrogens with one attached hydrogen (secondary N) is 1. The smallest absolute Gasteiger partial charge is 0.340 e. The summed E-state index contributed by atoms with van der Waals surface area (Å²) in [5, 5.41) is 2.70. The van der Waals surface area contributed by atoms with E-state index in [1.807, 2.05) is 0 Å². The molecule has 0 aliphatic carbocycles. The molecular weight excluding hydrogens is 427 g/mol. The normalized spacial score (nSPS) is 11.0. The fraction of sp³-hybridized carbons (Fsp3) is 0.222. The van der Waals surface area contributed by atoms with Crippen LogP contribution in [0.15, 0.2) is 42.5 Å². The molecule has 0 aromatic heterocycles. The lowest BCUT2D eigenvalue weighted by Crippen LogP contribution is -2.37. The van der Waals surface area contributed by atoms with Crippen molar-refractivity contribution in [1.82, 2.24) is 0 Å². The van der Waals surface area contributed by atoms with Crippen molar-refractivity contribution in [2.24, 2.45) is 0 Å². The third-order valence-electron chi connectivity index (χ3n) is 3.58. The molecule has 7 nitrogen and oxygen atoms in total. The van der Waals surface area contributed by atoms with Gasteiger partial charge in [0.05, 0.1) is 39.8 Å². The number of halogens is 2. The Kier molecular flexibility index (Phi) is 7.29. The van der Waals surface area contributed by atoms with Gasteiger partial charge in [0.2, 0.25) is 15.9 Å². The van der Waals surface area contributed by atoms with Crippen LogP contribution in [0.4, 0.5) is 11.4 Å². The SMILES string of the molecule is CCOC(=O)c1ccccc1NC(=O)CN(c1cccc(Cl)c1Cl)S(C)(=O)=O. The minimum atomic E-state index is -3.84. The van der Waals surface area contributed by atoms with Crippen LogP contribution in [-0.4, -0.2) is 39.7 Å². The number of sulfonamides is 1. The van der Waals surface area contributed by atoms with Crippen LogP contribution in [0.1, 0.15) is 17.3 Å². The van der Waals surface area contributed by atoms with E-state index in [4.69, 9.17) is 27.9 Å². The zero-order valence-electron chi connectivity index (χ0n) is 15.1. The predicted octanol–water partition coefficient (Wildman–Crippen LogP) is 3.57. The number of benzene rings is 2. The van der Waals surface area contributed by atoms with E-state index < -0.39 is 28.4 Å². The first-order valence-corrected chi connectivity index (χ1v) is 10.7. The van der Waals surface area contributed by atoms with E-state index in [0.29, 0.717) is 0 Å². The van der Waals surface area contributed by atoms with Gasteiger partial charge in [-0.05, 0) is 31.2 Å². The van der Waals surface area contributed by atoms with Gasteiger partial charge in [-0.1, -0.05) is 41.4 Å². The van der Waals surface area contributed by atoms with Crippen LogP contribution in [0.2, 0.25) is 10.0 Å². The van der Waals surface area contributed by atoms with Crippen LogP contribution in [-0.2, 0) is 19.6 Å². The number of rotatable bonds is 7. The first-order chi connectivity index (χ1) is 13.1. The largest absolute Gasteiger partial charge is 0.462 e. The second-order valence-corrected chi connectivity index (χ2v) is 8.35. The average molecular weight is 445 g/mol. The van der Waals surface area contributed by atoms with E-state index in [-0.39, 0.29) is 33.6 Å². The number of hydrogen-bond donors (Lipinski definition) is 1. The van der Waals surface area contributed by atoms with E-state index in [1.54, 1.807) is 19.1 Å². The van der Waals surface area contributed by atoms with Crippen molar-refractivity contribution in [2.75, 3.05) is 29.0 Å². The minimum Gasteiger partial charge on any atom is -0.462 e. The summed E-state index contributed by atoms with van der Waals surface area (Å²) in [4.78, 5) is 24.5. The predicted molar refractivity (Wildman–Crippen MR) is 110 cm³/mol. The van der Waals surface area contributed by atoms with Gasteiger partial charge in [-0.3, -0.25) is 9.10 Å². The number of carbonyl (C=O) groups is 2. The van der Waals surface area contributed by atoms with Gasteiger partial charge in [0.25, 0.3) is 0 Å². The Morgan fingerprint density at radius 3 is 2.43 bits per heavy atom. The molecule has 2 aromatic carbocycles. The van der Waals surface area contributed by atoms with Crippen LogP contribution < -0.4 is 9.62 Å². The Labute approximate surface area is 173 Å². The van der Waals surface area contributed by atoms with Crippen molar-refractivity contribution in [1.29, 1.82) is 0 Å². The third-order valence-corrected chi connectivity index (χ3v) is 5.52. The van der Waals surface area contributed by atoms with Crippen molar-refractivity contribution in [2.45, 2.75) is 6.92 Å². The number of nitrogens with zero attached hydrogens (tertiary/aromatic N) is 1. The summed E-state index contributed by atoms with van der Waals surface area (Å²) in [6.07, 6.45) is 0.948. The summed E-state index contributed by atoms with van der Waals surface area (Å²) >= 11 is 12.1. The van der Waals surface area contributed by atoms with Crippen LogP contribution in [0, 0.1) is 0 Å². The highest BCUT2D eigenvalue weighted by Crippen LogP contribution is 2.33. The number of para-hydroxylation sites is 1. The number of ether oxygens (including phenoxy) is 1. The average Bonchev–Trinajstić information content (AvgIpc) is 2.62. The molecule has 2 aromatic rings. The lowest BCUT2D eigenvalue weighted by molar-refractivity contribution is -0.114. The van der Waals surface area contributed by atoms with Gasteiger partial charge in [-0.15, -0.1) is 0 Å². The molecule has 0 saturated carbocycles. The minimum absolute atomic E-state index is 0.00863. The number of hydrogen-bond acceptors (Lipinski definition) is 5. The second-order valence-electron chi connectivity index (χ2n) is 5.66. The third kappa shape index (κ3) is 5.37. The molecule has 0 aliphatic rings. The first kappa shape index (κ1) is 22.0. The first-order valence-electron chi connectivity index (χ1n) is 8.13. The van der Waals surface area contributed by atoms with Crippen molar-refractivity contribution < 1.29 is 22.7 Å². The highest BCUT2D eigenvalue weighted by molar-refractivity contribution is 7.92. The molecule has 0 atom stereocenters. The Morgan fingerprint density at radius 1 is 1.11 bits per heavy atom. The van der Waals surface area contributed by atoms with E-state index >= 15 is 0 Å². The van der Waals surface area contributed by atoms with E-state index in [1.165, 1.54) is 30.3 Å².